The van der Waals surface area contributed by atoms with Crippen LogP contribution in [0.2, 0.25) is 0 Å². The van der Waals surface area contributed by atoms with E-state index in [0.29, 0.717) is 26.2 Å². The lowest BCUT2D eigenvalue weighted by Gasteiger charge is -2.30. The number of hydrogen-bond donors (Lipinski definition) is 2. The summed E-state index contributed by atoms with van der Waals surface area (Å²) in [6.07, 6.45) is 0.468. The zero-order valence-electron chi connectivity index (χ0n) is 16.6. The maximum atomic E-state index is 12.5. The number of amides is 1. The van der Waals surface area contributed by atoms with E-state index < -0.39 is 0 Å². The number of nitrogens with one attached hydrogen (secondary N) is 2. The number of morpholine rings is 1. The third kappa shape index (κ3) is 5.63. The van der Waals surface area contributed by atoms with Crippen molar-refractivity contribution in [3.05, 3.63) is 48.5 Å². The van der Waals surface area contributed by atoms with E-state index in [1.807, 2.05) is 62.4 Å². The Hall–Kier alpha value is -2.73. The molecule has 1 aliphatic rings. The van der Waals surface area contributed by atoms with E-state index in [0.717, 1.165) is 35.9 Å². The first-order valence-electron chi connectivity index (χ1n) is 9.84. The molecule has 150 valence electrons. The number of nitrogens with zero attached hydrogens (tertiary/aromatic N) is 1. The second-order valence-corrected chi connectivity index (χ2v) is 7.00. The molecule has 0 atom stereocenters. The molecule has 2 N–H and O–H groups in total. The fourth-order valence-electron chi connectivity index (χ4n) is 3.15. The van der Waals surface area contributed by atoms with Crippen molar-refractivity contribution < 1.29 is 14.3 Å². The summed E-state index contributed by atoms with van der Waals surface area (Å²) in [5, 5.41) is 6.35. The highest BCUT2D eigenvalue weighted by Crippen LogP contribution is 2.27. The summed E-state index contributed by atoms with van der Waals surface area (Å²) in [5.74, 6) is 0.783. The first-order valence-corrected chi connectivity index (χ1v) is 9.84. The third-order valence-electron chi connectivity index (χ3n) is 4.45. The Bertz CT molecular complexity index is 773. The number of carbonyl (C=O) groups excluding carboxylic acids is 1. The predicted molar refractivity (Wildman–Crippen MR) is 113 cm³/mol. The van der Waals surface area contributed by atoms with E-state index in [2.05, 4.69) is 15.5 Å². The van der Waals surface area contributed by atoms with Crippen molar-refractivity contribution in [1.29, 1.82) is 0 Å². The van der Waals surface area contributed by atoms with Crippen molar-refractivity contribution in [1.82, 2.24) is 0 Å². The molecule has 0 aliphatic carbocycles. The minimum atomic E-state index is -0.0181. The summed E-state index contributed by atoms with van der Waals surface area (Å²) in [5.41, 5.74) is 2.79. The molecule has 1 heterocycles. The second-order valence-electron chi connectivity index (χ2n) is 7.00. The topological polar surface area (TPSA) is 62.8 Å². The lowest BCUT2D eigenvalue weighted by molar-refractivity contribution is -0.115. The van der Waals surface area contributed by atoms with Gasteiger partial charge in [0.05, 0.1) is 36.4 Å². The normalized spacial score (nSPS) is 14.0. The van der Waals surface area contributed by atoms with Gasteiger partial charge in [0.15, 0.2) is 0 Å². The molecule has 0 saturated carbocycles. The first-order chi connectivity index (χ1) is 13.6. The van der Waals surface area contributed by atoms with Crippen molar-refractivity contribution in [2.24, 2.45) is 0 Å². The number of carbonyl (C=O) groups is 1. The van der Waals surface area contributed by atoms with Crippen LogP contribution in [0.5, 0.6) is 5.75 Å². The van der Waals surface area contributed by atoms with Gasteiger partial charge in [-0.3, -0.25) is 4.79 Å². The highest BCUT2D eigenvalue weighted by atomic mass is 16.5. The van der Waals surface area contributed by atoms with Gasteiger partial charge in [-0.15, -0.1) is 0 Å². The molecule has 3 rings (SSSR count). The molecule has 1 saturated heterocycles. The lowest BCUT2D eigenvalue weighted by Crippen LogP contribution is -2.36. The number of benzene rings is 2. The van der Waals surface area contributed by atoms with Gasteiger partial charge in [0, 0.05) is 26.1 Å². The fourth-order valence-corrected chi connectivity index (χ4v) is 3.15. The Morgan fingerprint density at radius 1 is 1.07 bits per heavy atom. The van der Waals surface area contributed by atoms with Gasteiger partial charge < -0.3 is 25.0 Å². The van der Waals surface area contributed by atoms with E-state index in [4.69, 9.17) is 9.47 Å². The van der Waals surface area contributed by atoms with Gasteiger partial charge in [-0.1, -0.05) is 24.3 Å². The number of para-hydroxylation sites is 4. The van der Waals surface area contributed by atoms with Crippen LogP contribution in [0.15, 0.2) is 48.5 Å². The molecule has 1 fully saturated rings. The summed E-state index contributed by atoms with van der Waals surface area (Å²) in [7, 11) is 0. The van der Waals surface area contributed by atoms with Crippen LogP contribution in [0, 0.1) is 0 Å². The summed E-state index contributed by atoms with van der Waals surface area (Å²) in [6.45, 7) is 7.62. The van der Waals surface area contributed by atoms with E-state index in [-0.39, 0.29) is 12.0 Å². The molecule has 0 bridgehead atoms. The van der Waals surface area contributed by atoms with Gasteiger partial charge in [-0.2, -0.15) is 0 Å². The predicted octanol–water partition coefficient (Wildman–Crippen LogP) is 3.75. The quantitative estimate of drug-likeness (QED) is 0.727. The van der Waals surface area contributed by atoms with Crippen LogP contribution in [0.3, 0.4) is 0 Å². The van der Waals surface area contributed by atoms with E-state index in [1.54, 1.807) is 0 Å². The fraction of sp³-hybridized carbons (Fsp3) is 0.409. The summed E-state index contributed by atoms with van der Waals surface area (Å²) >= 11 is 0. The van der Waals surface area contributed by atoms with Crippen molar-refractivity contribution in [3.63, 3.8) is 0 Å². The Morgan fingerprint density at radius 2 is 1.75 bits per heavy atom. The van der Waals surface area contributed by atoms with Gasteiger partial charge in [-0.25, -0.2) is 0 Å². The third-order valence-corrected chi connectivity index (χ3v) is 4.45. The van der Waals surface area contributed by atoms with Crippen molar-refractivity contribution in [2.75, 3.05) is 48.4 Å². The Labute approximate surface area is 166 Å². The smallest absolute Gasteiger partial charge is 0.226 e. The SMILES string of the molecule is CC(C)Oc1ccccc1NCCC(=O)Nc1ccccc1N1CCOCC1. The zero-order chi connectivity index (χ0) is 19.8. The highest BCUT2D eigenvalue weighted by Gasteiger charge is 2.15. The minimum Gasteiger partial charge on any atom is -0.489 e. The molecule has 2 aromatic carbocycles. The zero-order valence-corrected chi connectivity index (χ0v) is 16.6. The average Bonchev–Trinajstić information content (AvgIpc) is 2.70. The van der Waals surface area contributed by atoms with Gasteiger partial charge >= 0.3 is 0 Å². The Balaban J connectivity index is 1.54. The van der Waals surface area contributed by atoms with Gasteiger partial charge in [0.1, 0.15) is 5.75 Å². The summed E-state index contributed by atoms with van der Waals surface area (Å²) < 4.78 is 11.2. The summed E-state index contributed by atoms with van der Waals surface area (Å²) in [6, 6.07) is 15.7. The van der Waals surface area contributed by atoms with Crippen LogP contribution in [0.25, 0.3) is 0 Å². The van der Waals surface area contributed by atoms with E-state index in [1.165, 1.54) is 0 Å². The highest BCUT2D eigenvalue weighted by molar-refractivity contribution is 5.94. The number of rotatable bonds is 8. The van der Waals surface area contributed by atoms with E-state index >= 15 is 0 Å². The lowest BCUT2D eigenvalue weighted by atomic mass is 10.2. The van der Waals surface area contributed by atoms with Crippen LogP contribution in [0.1, 0.15) is 20.3 Å². The molecule has 6 nitrogen and oxygen atoms in total. The molecular weight excluding hydrogens is 354 g/mol. The Morgan fingerprint density at radius 3 is 2.50 bits per heavy atom. The van der Waals surface area contributed by atoms with Crippen LogP contribution in [0.4, 0.5) is 17.1 Å². The van der Waals surface area contributed by atoms with Gasteiger partial charge in [-0.05, 0) is 38.1 Å². The molecule has 0 unspecified atom stereocenters. The van der Waals surface area contributed by atoms with Crippen molar-refractivity contribution in [2.45, 2.75) is 26.4 Å². The van der Waals surface area contributed by atoms with Crippen LogP contribution >= 0.6 is 0 Å². The van der Waals surface area contributed by atoms with Gasteiger partial charge in [0.25, 0.3) is 0 Å². The minimum absolute atomic E-state index is 0.0181. The Kier molecular flexibility index (Phi) is 7.14. The van der Waals surface area contributed by atoms with Crippen LogP contribution in [-0.4, -0.2) is 44.9 Å². The maximum absolute atomic E-state index is 12.5. The van der Waals surface area contributed by atoms with E-state index in [9.17, 15) is 4.79 Å². The molecule has 0 spiro atoms. The molecule has 28 heavy (non-hydrogen) atoms. The molecule has 6 heteroatoms. The standard InChI is InChI=1S/C22H29N3O3/c1-17(2)28-21-10-6-4-8-19(21)23-12-11-22(26)24-18-7-3-5-9-20(18)25-13-15-27-16-14-25/h3-10,17,23H,11-16H2,1-2H3,(H,24,26). The molecule has 1 aliphatic heterocycles. The summed E-state index contributed by atoms with van der Waals surface area (Å²) in [4.78, 5) is 14.7. The molecule has 1 amide bonds. The van der Waals surface area contributed by atoms with Crippen LogP contribution in [-0.2, 0) is 9.53 Å². The molecule has 0 radical (unpaired) electrons. The largest absolute Gasteiger partial charge is 0.489 e. The second kappa shape index (κ2) is 9.99. The van der Waals surface area contributed by atoms with Crippen molar-refractivity contribution in [3.8, 4) is 5.75 Å². The van der Waals surface area contributed by atoms with Crippen molar-refractivity contribution >= 4 is 23.0 Å². The van der Waals surface area contributed by atoms with Gasteiger partial charge in [0.2, 0.25) is 5.91 Å². The monoisotopic (exact) mass is 383 g/mol. The maximum Gasteiger partial charge on any atom is 0.226 e. The average molecular weight is 383 g/mol. The number of hydrogen-bond acceptors (Lipinski definition) is 5. The number of ether oxygens (including phenoxy) is 2. The molecule has 2 aromatic rings. The first kappa shape index (κ1) is 20.0. The van der Waals surface area contributed by atoms with Crippen LogP contribution < -0.4 is 20.3 Å². The molecule has 0 aromatic heterocycles. The molecular formula is C22H29N3O3. The number of anilines is 3.